The lowest BCUT2D eigenvalue weighted by Crippen LogP contribution is -1.87. The highest BCUT2D eigenvalue weighted by atomic mass is 14.2. The Labute approximate surface area is 198 Å². The highest BCUT2D eigenvalue weighted by molar-refractivity contribution is 6.14. The van der Waals surface area contributed by atoms with E-state index in [2.05, 4.69) is 133 Å². The Balaban J connectivity index is 1.49. The standard InChI is InChI=1S/C34H22/c1-3-9-25-19-27(15-13-23(25)7-1)28-17-18-33-31(21-28)22-29-11-5-6-12-32(29)34(33)30-16-14-24-8-2-4-10-26(24)20-30/h1-22H. The van der Waals surface area contributed by atoms with Crippen molar-refractivity contribution >= 4 is 43.1 Å². The van der Waals surface area contributed by atoms with Gasteiger partial charge < -0.3 is 0 Å². The normalized spacial score (nSPS) is 11.5. The van der Waals surface area contributed by atoms with Gasteiger partial charge in [0.2, 0.25) is 0 Å². The summed E-state index contributed by atoms with van der Waals surface area (Å²) >= 11 is 0. The number of fused-ring (bicyclic) bond motifs is 4. The molecule has 7 rings (SSSR count). The first kappa shape index (κ1) is 19.1. The van der Waals surface area contributed by atoms with Crippen molar-refractivity contribution in [3.63, 3.8) is 0 Å². The minimum absolute atomic E-state index is 1.25. The maximum Gasteiger partial charge on any atom is -0.00266 e. The molecule has 0 radical (unpaired) electrons. The molecule has 0 unspecified atom stereocenters. The highest BCUT2D eigenvalue weighted by Gasteiger charge is 2.12. The first-order chi connectivity index (χ1) is 16.8. The molecule has 0 aliphatic carbocycles. The van der Waals surface area contributed by atoms with Gasteiger partial charge in [-0.05, 0) is 89.6 Å². The second kappa shape index (κ2) is 7.57. The third-order valence-corrected chi connectivity index (χ3v) is 6.98. The molecular formula is C34H22. The Kier molecular flexibility index (Phi) is 4.25. The minimum atomic E-state index is 1.25. The Morgan fingerprint density at radius 3 is 1.44 bits per heavy atom. The van der Waals surface area contributed by atoms with Crippen molar-refractivity contribution in [2.45, 2.75) is 0 Å². The molecule has 0 saturated heterocycles. The van der Waals surface area contributed by atoms with Crippen LogP contribution >= 0.6 is 0 Å². The average molecular weight is 431 g/mol. The van der Waals surface area contributed by atoms with Crippen LogP contribution in [0.25, 0.3) is 65.3 Å². The van der Waals surface area contributed by atoms with E-state index in [-0.39, 0.29) is 0 Å². The Morgan fingerprint density at radius 2 is 0.735 bits per heavy atom. The van der Waals surface area contributed by atoms with E-state index in [0.29, 0.717) is 0 Å². The summed E-state index contributed by atoms with van der Waals surface area (Å²) in [6.45, 7) is 0. The predicted octanol–water partition coefficient (Wildman–Crippen LogP) is 9.63. The Bertz CT molecular complexity index is 1860. The molecule has 0 bridgehead atoms. The molecule has 158 valence electrons. The van der Waals surface area contributed by atoms with Gasteiger partial charge in [-0.15, -0.1) is 0 Å². The molecule has 0 aromatic heterocycles. The van der Waals surface area contributed by atoms with Crippen LogP contribution in [0, 0.1) is 0 Å². The zero-order chi connectivity index (χ0) is 22.5. The maximum atomic E-state index is 2.34. The first-order valence-corrected chi connectivity index (χ1v) is 11.8. The molecule has 34 heavy (non-hydrogen) atoms. The molecule has 0 fully saturated rings. The molecule has 0 nitrogen and oxygen atoms in total. The van der Waals surface area contributed by atoms with Gasteiger partial charge in [0.15, 0.2) is 0 Å². The summed E-state index contributed by atoms with van der Waals surface area (Å²) < 4.78 is 0. The van der Waals surface area contributed by atoms with Crippen molar-refractivity contribution < 1.29 is 0 Å². The lowest BCUT2D eigenvalue weighted by atomic mass is 9.89. The molecule has 0 saturated carbocycles. The smallest absolute Gasteiger partial charge is 0.00266 e. The van der Waals surface area contributed by atoms with Crippen molar-refractivity contribution in [2.24, 2.45) is 0 Å². The lowest BCUT2D eigenvalue weighted by molar-refractivity contribution is 1.67. The van der Waals surface area contributed by atoms with E-state index in [1.807, 2.05) is 0 Å². The molecule has 0 atom stereocenters. The highest BCUT2D eigenvalue weighted by Crippen LogP contribution is 2.39. The fraction of sp³-hybridized carbons (Fsp3) is 0. The van der Waals surface area contributed by atoms with Gasteiger partial charge in [0, 0.05) is 0 Å². The molecule has 7 aromatic rings. The average Bonchev–Trinajstić information content (AvgIpc) is 2.91. The van der Waals surface area contributed by atoms with Crippen LogP contribution in [0.15, 0.2) is 133 Å². The second-order valence-electron chi connectivity index (χ2n) is 9.03. The molecule has 0 spiro atoms. The second-order valence-corrected chi connectivity index (χ2v) is 9.03. The molecular weight excluding hydrogens is 408 g/mol. The van der Waals surface area contributed by atoms with Crippen LogP contribution < -0.4 is 0 Å². The lowest BCUT2D eigenvalue weighted by Gasteiger charge is -2.14. The summed E-state index contributed by atoms with van der Waals surface area (Å²) in [5.41, 5.74) is 5.07. The van der Waals surface area contributed by atoms with Crippen LogP contribution in [0.5, 0.6) is 0 Å². The number of rotatable bonds is 2. The molecule has 0 amide bonds. The van der Waals surface area contributed by atoms with Crippen molar-refractivity contribution in [1.82, 2.24) is 0 Å². The molecule has 0 heteroatoms. The minimum Gasteiger partial charge on any atom is -0.0616 e. The topological polar surface area (TPSA) is 0 Å². The van der Waals surface area contributed by atoms with Crippen molar-refractivity contribution in [2.75, 3.05) is 0 Å². The third-order valence-electron chi connectivity index (χ3n) is 6.98. The van der Waals surface area contributed by atoms with E-state index < -0.39 is 0 Å². The van der Waals surface area contributed by atoms with E-state index >= 15 is 0 Å². The fourth-order valence-corrected chi connectivity index (χ4v) is 5.28. The number of hydrogen-bond acceptors (Lipinski definition) is 0. The van der Waals surface area contributed by atoms with E-state index in [1.165, 1.54) is 65.3 Å². The van der Waals surface area contributed by atoms with Crippen molar-refractivity contribution in [1.29, 1.82) is 0 Å². The Morgan fingerprint density at radius 1 is 0.265 bits per heavy atom. The molecule has 0 aliphatic heterocycles. The van der Waals surface area contributed by atoms with E-state index in [0.717, 1.165) is 0 Å². The SMILES string of the molecule is c1ccc2cc(-c3ccc4c(-c5ccc6ccccc6c5)c5ccccc5cc4c3)ccc2c1. The van der Waals surface area contributed by atoms with Gasteiger partial charge in [0.05, 0.1) is 0 Å². The summed E-state index contributed by atoms with van der Waals surface area (Å²) in [6, 6.07) is 48.7. The van der Waals surface area contributed by atoms with Gasteiger partial charge in [-0.1, -0.05) is 109 Å². The first-order valence-electron chi connectivity index (χ1n) is 11.8. The van der Waals surface area contributed by atoms with Gasteiger partial charge >= 0.3 is 0 Å². The van der Waals surface area contributed by atoms with Crippen molar-refractivity contribution in [3.8, 4) is 22.3 Å². The van der Waals surface area contributed by atoms with E-state index in [4.69, 9.17) is 0 Å². The Hall–Kier alpha value is -4.42. The summed E-state index contributed by atoms with van der Waals surface area (Å²) in [7, 11) is 0. The van der Waals surface area contributed by atoms with Crippen LogP contribution in [0.3, 0.4) is 0 Å². The van der Waals surface area contributed by atoms with E-state index in [9.17, 15) is 0 Å². The van der Waals surface area contributed by atoms with Gasteiger partial charge in [0.25, 0.3) is 0 Å². The van der Waals surface area contributed by atoms with E-state index in [1.54, 1.807) is 0 Å². The number of benzene rings is 7. The van der Waals surface area contributed by atoms with Gasteiger partial charge in [-0.3, -0.25) is 0 Å². The molecule has 7 aromatic carbocycles. The summed E-state index contributed by atoms with van der Waals surface area (Å²) in [4.78, 5) is 0. The number of hydrogen-bond donors (Lipinski definition) is 0. The zero-order valence-corrected chi connectivity index (χ0v) is 18.7. The van der Waals surface area contributed by atoms with Crippen molar-refractivity contribution in [3.05, 3.63) is 133 Å². The fourth-order valence-electron chi connectivity index (χ4n) is 5.28. The predicted molar refractivity (Wildman–Crippen MR) is 147 cm³/mol. The summed E-state index contributed by atoms with van der Waals surface area (Å²) in [6.07, 6.45) is 0. The third kappa shape index (κ3) is 3.08. The monoisotopic (exact) mass is 430 g/mol. The summed E-state index contributed by atoms with van der Waals surface area (Å²) in [5.74, 6) is 0. The largest absolute Gasteiger partial charge is 0.0616 e. The molecule has 0 heterocycles. The molecule has 0 N–H and O–H groups in total. The quantitative estimate of drug-likeness (QED) is 0.239. The van der Waals surface area contributed by atoms with Crippen LogP contribution in [-0.2, 0) is 0 Å². The van der Waals surface area contributed by atoms with Crippen LogP contribution in [0.1, 0.15) is 0 Å². The van der Waals surface area contributed by atoms with Crippen LogP contribution in [0.2, 0.25) is 0 Å². The van der Waals surface area contributed by atoms with Crippen LogP contribution in [0.4, 0.5) is 0 Å². The van der Waals surface area contributed by atoms with Gasteiger partial charge in [-0.2, -0.15) is 0 Å². The van der Waals surface area contributed by atoms with Crippen LogP contribution in [-0.4, -0.2) is 0 Å². The molecule has 0 aliphatic rings. The van der Waals surface area contributed by atoms with Gasteiger partial charge in [-0.25, -0.2) is 0 Å². The van der Waals surface area contributed by atoms with Gasteiger partial charge in [0.1, 0.15) is 0 Å². The zero-order valence-electron chi connectivity index (χ0n) is 18.7. The summed E-state index contributed by atoms with van der Waals surface area (Å²) in [5, 5.41) is 10.2. The maximum absolute atomic E-state index is 2.34.